The number of hydrogen-bond acceptors (Lipinski definition) is 5. The van der Waals surface area contributed by atoms with E-state index >= 15 is 0 Å². The minimum atomic E-state index is -0.308. The van der Waals surface area contributed by atoms with Gasteiger partial charge in [-0.05, 0) is 99.1 Å². The van der Waals surface area contributed by atoms with Crippen molar-refractivity contribution in [3.63, 3.8) is 0 Å². The van der Waals surface area contributed by atoms with E-state index in [1.165, 1.54) is 44.2 Å². The van der Waals surface area contributed by atoms with Gasteiger partial charge in [-0.1, -0.05) is 57.4 Å². The molecule has 6 rings (SSSR count). The number of allylic oxidation sites excluding steroid dienone is 5. The molecule has 0 aliphatic heterocycles. The molecule has 2 aromatic carbocycles. The average Bonchev–Trinajstić information content (AvgIpc) is 3.70. The van der Waals surface area contributed by atoms with Gasteiger partial charge in [0.15, 0.2) is 0 Å². The second kappa shape index (κ2) is 14.9. The molecular formula is C40H46FN7. The van der Waals surface area contributed by atoms with E-state index in [0.717, 1.165) is 74.4 Å². The Balaban J connectivity index is 1.28. The molecule has 0 unspecified atom stereocenters. The molecule has 0 radical (unpaired) electrons. The maximum Gasteiger partial charge on any atom is 0.125 e. The number of pyridine rings is 1. The summed E-state index contributed by atoms with van der Waals surface area (Å²) in [6.07, 6.45) is 15.4. The molecule has 1 fully saturated rings. The Hall–Kier alpha value is -4.95. The van der Waals surface area contributed by atoms with Gasteiger partial charge in [-0.15, -0.1) is 0 Å². The van der Waals surface area contributed by atoms with Crippen molar-refractivity contribution in [2.75, 3.05) is 32.5 Å². The van der Waals surface area contributed by atoms with Crippen molar-refractivity contribution in [1.29, 1.82) is 0 Å². The Morgan fingerprint density at radius 3 is 2.60 bits per heavy atom. The third-order valence-electron chi connectivity index (χ3n) is 9.18. The van der Waals surface area contributed by atoms with Crippen LogP contribution >= 0.6 is 0 Å². The number of anilines is 1. The molecule has 4 N–H and O–H groups in total. The van der Waals surface area contributed by atoms with Crippen LogP contribution in [0.4, 0.5) is 10.1 Å². The molecule has 1 aliphatic rings. The topological polar surface area (TPSA) is 84.7 Å². The van der Waals surface area contributed by atoms with Crippen molar-refractivity contribution in [2.24, 2.45) is 5.92 Å². The molecule has 0 saturated heterocycles. The van der Waals surface area contributed by atoms with E-state index in [1.54, 1.807) is 6.20 Å². The molecule has 48 heavy (non-hydrogen) atoms. The highest BCUT2D eigenvalue weighted by Crippen LogP contribution is 2.35. The maximum absolute atomic E-state index is 14.8. The van der Waals surface area contributed by atoms with Crippen LogP contribution in [0.2, 0.25) is 0 Å². The monoisotopic (exact) mass is 643 g/mol. The number of halogens is 1. The second-order valence-electron chi connectivity index (χ2n) is 13.1. The van der Waals surface area contributed by atoms with E-state index in [9.17, 15) is 4.39 Å². The van der Waals surface area contributed by atoms with Crippen LogP contribution in [-0.4, -0.2) is 52.3 Å². The van der Waals surface area contributed by atoms with Gasteiger partial charge in [0.1, 0.15) is 11.5 Å². The van der Waals surface area contributed by atoms with Gasteiger partial charge >= 0.3 is 0 Å². The highest BCUT2D eigenvalue weighted by atomic mass is 19.1. The molecule has 1 saturated carbocycles. The number of nitrogens with zero attached hydrogens (tertiary/aromatic N) is 3. The fourth-order valence-corrected chi connectivity index (χ4v) is 6.70. The third kappa shape index (κ3) is 7.60. The zero-order chi connectivity index (χ0) is 33.6. The summed E-state index contributed by atoms with van der Waals surface area (Å²) in [5.74, 6) is 0.406. The molecule has 1 aliphatic carbocycles. The summed E-state index contributed by atoms with van der Waals surface area (Å²) in [7, 11) is 4.03. The van der Waals surface area contributed by atoms with Crippen LogP contribution < -0.4 is 10.6 Å². The van der Waals surface area contributed by atoms with Gasteiger partial charge in [0.25, 0.3) is 0 Å². The van der Waals surface area contributed by atoms with E-state index in [-0.39, 0.29) is 5.82 Å². The van der Waals surface area contributed by atoms with Crippen LogP contribution in [0.25, 0.3) is 50.0 Å². The summed E-state index contributed by atoms with van der Waals surface area (Å²) in [5.41, 5.74) is 9.76. The number of rotatable bonds is 13. The molecule has 0 bridgehead atoms. The van der Waals surface area contributed by atoms with Crippen molar-refractivity contribution in [3.05, 3.63) is 109 Å². The number of aromatic nitrogens is 4. The second-order valence-corrected chi connectivity index (χ2v) is 13.1. The van der Waals surface area contributed by atoms with Crippen LogP contribution in [0.1, 0.15) is 51.0 Å². The van der Waals surface area contributed by atoms with Gasteiger partial charge < -0.3 is 20.5 Å². The van der Waals surface area contributed by atoms with Crippen molar-refractivity contribution in [2.45, 2.75) is 45.4 Å². The largest absolute Gasteiger partial charge is 0.384 e. The lowest BCUT2D eigenvalue weighted by atomic mass is 9.86. The lowest BCUT2D eigenvalue weighted by Crippen LogP contribution is -2.20. The zero-order valence-corrected chi connectivity index (χ0v) is 28.3. The van der Waals surface area contributed by atoms with Crippen LogP contribution in [0, 0.1) is 11.7 Å². The van der Waals surface area contributed by atoms with E-state index in [2.05, 4.69) is 80.2 Å². The Kier molecular flexibility index (Phi) is 10.2. The van der Waals surface area contributed by atoms with Gasteiger partial charge in [0.05, 0.1) is 16.9 Å². The van der Waals surface area contributed by atoms with Gasteiger partial charge in [0, 0.05) is 58.2 Å². The third-order valence-corrected chi connectivity index (χ3v) is 9.18. The first kappa shape index (κ1) is 33.0. The summed E-state index contributed by atoms with van der Waals surface area (Å²) in [4.78, 5) is 10.3. The first-order valence-electron chi connectivity index (χ1n) is 16.9. The van der Waals surface area contributed by atoms with Gasteiger partial charge in [0.2, 0.25) is 0 Å². The number of aromatic amines is 2. The van der Waals surface area contributed by atoms with Crippen molar-refractivity contribution in [1.82, 2.24) is 30.4 Å². The highest BCUT2D eigenvalue weighted by Gasteiger charge is 2.17. The van der Waals surface area contributed by atoms with Crippen LogP contribution in [0.3, 0.4) is 0 Å². The lowest BCUT2D eigenvalue weighted by Gasteiger charge is -2.23. The van der Waals surface area contributed by atoms with E-state index in [4.69, 9.17) is 5.10 Å². The Morgan fingerprint density at radius 1 is 1.02 bits per heavy atom. The number of benzene rings is 2. The summed E-state index contributed by atoms with van der Waals surface area (Å²) in [6, 6.07) is 15.3. The Bertz CT molecular complexity index is 1990. The predicted molar refractivity (Wildman–Crippen MR) is 199 cm³/mol. The summed E-state index contributed by atoms with van der Waals surface area (Å²) >= 11 is 0. The minimum absolute atomic E-state index is 0.308. The Morgan fingerprint density at radius 2 is 1.83 bits per heavy atom. The zero-order valence-electron chi connectivity index (χ0n) is 28.3. The molecule has 7 nitrogen and oxygen atoms in total. The number of H-pyrrole nitrogens is 2. The van der Waals surface area contributed by atoms with Crippen LogP contribution in [-0.2, 0) is 0 Å². The minimum Gasteiger partial charge on any atom is -0.384 e. The van der Waals surface area contributed by atoms with E-state index in [1.807, 2.05) is 39.2 Å². The number of nitrogens with one attached hydrogen (secondary N) is 4. The Labute approximate surface area is 282 Å². The molecule has 0 amide bonds. The van der Waals surface area contributed by atoms with E-state index < -0.39 is 0 Å². The first-order chi connectivity index (χ1) is 23.3. The van der Waals surface area contributed by atoms with Crippen molar-refractivity contribution < 1.29 is 4.39 Å². The normalized spacial score (nSPS) is 14.6. The van der Waals surface area contributed by atoms with Crippen LogP contribution in [0.5, 0.6) is 0 Å². The summed E-state index contributed by atoms with van der Waals surface area (Å²) in [5, 5.41) is 16.7. The van der Waals surface area contributed by atoms with Crippen LogP contribution in [0.15, 0.2) is 97.5 Å². The summed E-state index contributed by atoms with van der Waals surface area (Å²) < 4.78 is 14.8. The summed E-state index contributed by atoms with van der Waals surface area (Å²) in [6.45, 7) is 12.0. The SMILES string of the molecule is C=C/C(=C\C(=C/C)c1ccc2[nH]nc(-c3cc4c(-c5cc(F)cc(NCCN(C)C)c5)nccc4[nH]3)c2c1)NC(=C)CC1CCCCC1. The molecule has 5 aromatic rings. The molecule has 3 aromatic heterocycles. The van der Waals surface area contributed by atoms with Crippen molar-refractivity contribution >= 4 is 33.1 Å². The molecule has 0 atom stereocenters. The fourth-order valence-electron chi connectivity index (χ4n) is 6.70. The molecule has 248 valence electrons. The first-order valence-corrected chi connectivity index (χ1v) is 16.9. The maximum atomic E-state index is 14.8. The lowest BCUT2D eigenvalue weighted by molar-refractivity contribution is 0.353. The van der Waals surface area contributed by atoms with Gasteiger partial charge in [-0.2, -0.15) is 5.10 Å². The molecule has 0 spiro atoms. The molecule has 3 heterocycles. The molecular weight excluding hydrogens is 597 g/mol. The molecule has 8 heteroatoms. The number of likely N-dealkylation sites (N-methyl/N-ethyl adjacent to an activating group) is 1. The smallest absolute Gasteiger partial charge is 0.125 e. The van der Waals surface area contributed by atoms with E-state index in [0.29, 0.717) is 23.7 Å². The van der Waals surface area contributed by atoms with Gasteiger partial charge in [-0.3, -0.25) is 10.1 Å². The fraction of sp³-hybridized carbons (Fsp3) is 0.300. The predicted octanol–water partition coefficient (Wildman–Crippen LogP) is 9.43. The quantitative estimate of drug-likeness (QED) is 0.0961. The number of hydrogen-bond donors (Lipinski definition) is 4. The van der Waals surface area contributed by atoms with Gasteiger partial charge in [-0.25, -0.2) is 4.39 Å². The average molecular weight is 644 g/mol. The standard InChI is InChI=1S/C40H46FN7/c1-6-28(21-32(7-2)44-26(3)19-27-11-9-8-10-12-27)29-13-14-37-34(23-29)40(47-46-37)38-25-35-36(45-38)15-16-43-39(35)30-20-31(41)24-33(22-30)42-17-18-48(4)5/h6-7,13-16,20-25,27,42,44-45H,2-3,8-12,17-19H2,1,4-5H3,(H,46,47)/b28-6+,32-21+. The van der Waals surface area contributed by atoms with Crippen molar-refractivity contribution in [3.8, 4) is 22.6 Å². The highest BCUT2D eigenvalue weighted by molar-refractivity contribution is 6.01. The number of fused-ring (bicyclic) bond motifs is 2.